The van der Waals surface area contributed by atoms with Gasteiger partial charge < -0.3 is 24.7 Å². The van der Waals surface area contributed by atoms with E-state index in [9.17, 15) is 0 Å². The van der Waals surface area contributed by atoms with E-state index in [0.29, 0.717) is 44.6 Å². The van der Waals surface area contributed by atoms with E-state index >= 15 is 0 Å². The molecule has 0 amide bonds. The third-order valence-corrected chi connectivity index (χ3v) is 2.13. The second kappa shape index (κ2) is 11.2. The number of nitrogens with two attached hydrogens (primary N) is 1. The number of hydrogen-bond donors (Lipinski definition) is 1. The smallest absolute Gasteiger partial charge is 0.105 e. The molecule has 5 nitrogen and oxygen atoms in total. The molecule has 0 heterocycles. The largest absolute Gasteiger partial charge is 0.391 e. The van der Waals surface area contributed by atoms with Crippen molar-refractivity contribution in [2.75, 3.05) is 46.8 Å². The number of hydrogen-bond acceptors (Lipinski definition) is 5. The van der Waals surface area contributed by atoms with Crippen LogP contribution in [0.5, 0.6) is 0 Å². The van der Waals surface area contributed by atoms with Gasteiger partial charge in [0.05, 0.1) is 39.6 Å². The molecule has 0 aliphatic rings. The normalized spacial score (nSPS) is 12.6. The predicted octanol–water partition coefficient (Wildman–Crippen LogP) is 0.357. The summed E-state index contributed by atoms with van der Waals surface area (Å²) >= 11 is 4.76. The lowest BCUT2D eigenvalue weighted by atomic mass is 10.4. The van der Waals surface area contributed by atoms with Crippen molar-refractivity contribution in [1.29, 1.82) is 0 Å². The average Bonchev–Trinajstić information content (AvgIpc) is 2.26. The summed E-state index contributed by atoms with van der Waals surface area (Å²) in [5, 5.41) is 0. The van der Waals surface area contributed by atoms with E-state index in [0.717, 1.165) is 0 Å². The van der Waals surface area contributed by atoms with Crippen molar-refractivity contribution in [3.05, 3.63) is 0 Å². The standard InChI is InChI=1S/C10H21NO4S/c1-9(10(11)16)15-8-7-14-6-5-13-4-3-12-2/h9H,3-8H2,1-2H3,(H2,11,16). The molecular weight excluding hydrogens is 230 g/mol. The summed E-state index contributed by atoms with van der Waals surface area (Å²) in [5.74, 6) is 0. The van der Waals surface area contributed by atoms with Gasteiger partial charge >= 0.3 is 0 Å². The quantitative estimate of drug-likeness (QED) is 0.422. The molecule has 1 unspecified atom stereocenters. The van der Waals surface area contributed by atoms with Gasteiger partial charge in [-0.3, -0.25) is 0 Å². The molecule has 0 radical (unpaired) electrons. The van der Waals surface area contributed by atoms with Gasteiger partial charge in [-0.15, -0.1) is 0 Å². The molecule has 0 bridgehead atoms. The van der Waals surface area contributed by atoms with Crippen LogP contribution < -0.4 is 5.73 Å². The lowest BCUT2D eigenvalue weighted by molar-refractivity contribution is -0.000802. The van der Waals surface area contributed by atoms with Crippen LogP contribution in [0.25, 0.3) is 0 Å². The topological polar surface area (TPSA) is 62.9 Å². The highest BCUT2D eigenvalue weighted by atomic mass is 32.1. The molecule has 0 fully saturated rings. The van der Waals surface area contributed by atoms with Gasteiger partial charge in [-0.25, -0.2) is 0 Å². The van der Waals surface area contributed by atoms with Crippen LogP contribution in [0.3, 0.4) is 0 Å². The number of ether oxygens (including phenoxy) is 4. The van der Waals surface area contributed by atoms with E-state index in [2.05, 4.69) is 0 Å². The van der Waals surface area contributed by atoms with Crippen molar-refractivity contribution < 1.29 is 18.9 Å². The lowest BCUT2D eigenvalue weighted by Crippen LogP contribution is -2.27. The van der Waals surface area contributed by atoms with Gasteiger partial charge in [0.15, 0.2) is 0 Å². The Labute approximate surface area is 102 Å². The molecule has 16 heavy (non-hydrogen) atoms. The first kappa shape index (κ1) is 15.7. The van der Waals surface area contributed by atoms with Crippen LogP contribution in [0.1, 0.15) is 6.92 Å². The summed E-state index contributed by atoms with van der Waals surface area (Å²) < 4.78 is 20.6. The molecule has 6 heteroatoms. The van der Waals surface area contributed by atoms with Crippen molar-refractivity contribution in [2.45, 2.75) is 13.0 Å². The molecule has 0 aromatic heterocycles. The summed E-state index contributed by atoms with van der Waals surface area (Å²) in [6.07, 6.45) is -0.198. The molecule has 0 aromatic rings. The Balaban J connectivity index is 3.07. The van der Waals surface area contributed by atoms with Gasteiger partial charge in [0.25, 0.3) is 0 Å². The van der Waals surface area contributed by atoms with Crippen molar-refractivity contribution in [3.63, 3.8) is 0 Å². The van der Waals surface area contributed by atoms with Crippen LogP contribution in [0.2, 0.25) is 0 Å². The van der Waals surface area contributed by atoms with Gasteiger partial charge in [0.2, 0.25) is 0 Å². The van der Waals surface area contributed by atoms with Crippen molar-refractivity contribution in [3.8, 4) is 0 Å². The van der Waals surface area contributed by atoms with Gasteiger partial charge in [-0.05, 0) is 6.92 Å². The minimum Gasteiger partial charge on any atom is -0.391 e. The highest BCUT2D eigenvalue weighted by Gasteiger charge is 2.03. The molecule has 1 atom stereocenters. The summed E-state index contributed by atoms with van der Waals surface area (Å²) in [6, 6.07) is 0. The molecule has 0 rings (SSSR count). The van der Waals surface area contributed by atoms with Crippen molar-refractivity contribution in [2.24, 2.45) is 5.73 Å². The third-order valence-electron chi connectivity index (χ3n) is 1.80. The summed E-state index contributed by atoms with van der Waals surface area (Å²) in [6.45, 7) is 5.12. The lowest BCUT2D eigenvalue weighted by Gasteiger charge is -2.11. The summed E-state index contributed by atoms with van der Waals surface area (Å²) in [5.41, 5.74) is 5.38. The highest BCUT2D eigenvalue weighted by Crippen LogP contribution is 1.90. The summed E-state index contributed by atoms with van der Waals surface area (Å²) in [7, 11) is 1.64. The Kier molecular flexibility index (Phi) is 11.0. The number of methoxy groups -OCH3 is 1. The second-order valence-electron chi connectivity index (χ2n) is 3.13. The SMILES string of the molecule is COCCOCCOCCOC(C)C(N)=S. The van der Waals surface area contributed by atoms with E-state index < -0.39 is 0 Å². The maximum Gasteiger partial charge on any atom is 0.105 e. The molecule has 0 saturated heterocycles. The van der Waals surface area contributed by atoms with Crippen molar-refractivity contribution >= 4 is 17.2 Å². The predicted molar refractivity (Wildman–Crippen MR) is 65.7 cm³/mol. The van der Waals surface area contributed by atoms with Crippen molar-refractivity contribution in [1.82, 2.24) is 0 Å². The fourth-order valence-corrected chi connectivity index (χ4v) is 0.898. The van der Waals surface area contributed by atoms with Gasteiger partial charge in [0, 0.05) is 7.11 Å². The maximum atomic E-state index is 5.38. The van der Waals surface area contributed by atoms with Crippen LogP contribution >= 0.6 is 12.2 Å². The van der Waals surface area contributed by atoms with Crippen LogP contribution in [0.15, 0.2) is 0 Å². The van der Waals surface area contributed by atoms with Crippen LogP contribution in [-0.2, 0) is 18.9 Å². The molecule has 2 N–H and O–H groups in total. The van der Waals surface area contributed by atoms with Gasteiger partial charge in [-0.2, -0.15) is 0 Å². The molecule has 0 spiro atoms. The monoisotopic (exact) mass is 251 g/mol. The molecular formula is C10H21NO4S. The number of rotatable bonds is 11. The Morgan fingerprint density at radius 3 is 2.06 bits per heavy atom. The van der Waals surface area contributed by atoms with Crippen LogP contribution in [0, 0.1) is 0 Å². The number of thiocarbonyl (C=S) groups is 1. The third kappa shape index (κ3) is 10.3. The van der Waals surface area contributed by atoms with Crippen LogP contribution in [0.4, 0.5) is 0 Å². The van der Waals surface area contributed by atoms with Gasteiger partial charge in [-0.1, -0.05) is 12.2 Å². The molecule has 0 aliphatic carbocycles. The van der Waals surface area contributed by atoms with Crippen LogP contribution in [-0.4, -0.2) is 57.8 Å². The fourth-order valence-electron chi connectivity index (χ4n) is 0.830. The Hall–Kier alpha value is -0.270. The van der Waals surface area contributed by atoms with E-state index in [1.807, 2.05) is 6.92 Å². The fraction of sp³-hybridized carbons (Fsp3) is 0.900. The Morgan fingerprint density at radius 1 is 1.06 bits per heavy atom. The van der Waals surface area contributed by atoms with Gasteiger partial charge in [0.1, 0.15) is 11.1 Å². The summed E-state index contributed by atoms with van der Waals surface area (Å²) in [4.78, 5) is 0.364. The Morgan fingerprint density at radius 2 is 1.56 bits per heavy atom. The zero-order chi connectivity index (χ0) is 12.2. The van der Waals surface area contributed by atoms with E-state index in [-0.39, 0.29) is 6.10 Å². The highest BCUT2D eigenvalue weighted by molar-refractivity contribution is 7.80. The first-order valence-electron chi connectivity index (χ1n) is 5.23. The molecule has 0 aliphatic heterocycles. The zero-order valence-corrected chi connectivity index (χ0v) is 10.8. The second-order valence-corrected chi connectivity index (χ2v) is 3.60. The first-order valence-corrected chi connectivity index (χ1v) is 5.64. The first-order chi connectivity index (χ1) is 7.68. The van der Waals surface area contributed by atoms with E-state index in [4.69, 9.17) is 36.9 Å². The Bertz CT molecular complexity index is 180. The molecule has 0 aromatic carbocycles. The minimum atomic E-state index is -0.198. The maximum absolute atomic E-state index is 5.38. The minimum absolute atomic E-state index is 0.198. The average molecular weight is 251 g/mol. The van der Waals surface area contributed by atoms with E-state index in [1.165, 1.54) is 0 Å². The molecule has 0 saturated carbocycles. The molecule has 96 valence electrons. The van der Waals surface area contributed by atoms with E-state index in [1.54, 1.807) is 7.11 Å². The zero-order valence-electron chi connectivity index (χ0n) is 9.94.